The lowest BCUT2D eigenvalue weighted by molar-refractivity contribution is -0.392. The molecule has 0 spiro atoms. The zero-order valence-electron chi connectivity index (χ0n) is 65.3. The van der Waals surface area contributed by atoms with Crippen LogP contribution in [-0.4, -0.2) is 388 Å². The topological polar surface area (TPSA) is 596 Å². The van der Waals surface area contributed by atoms with Gasteiger partial charge in [-0.05, 0) is 116 Å². The lowest BCUT2D eigenvalue weighted by Gasteiger charge is -2.72. The van der Waals surface area contributed by atoms with Crippen LogP contribution in [0.1, 0.15) is 120 Å². The van der Waals surface area contributed by atoms with Crippen molar-refractivity contribution in [2.24, 2.45) is 50.2 Å². The molecular formula is C75H120O39. The molecule has 8 heterocycles. The van der Waals surface area contributed by atoms with Crippen molar-refractivity contribution in [3.05, 3.63) is 11.6 Å². The Morgan fingerprint density at radius 1 is 0.439 bits per heavy atom. The van der Waals surface area contributed by atoms with E-state index in [4.69, 9.17) is 80.5 Å². The Morgan fingerprint density at radius 3 is 1.54 bits per heavy atom. The van der Waals surface area contributed by atoms with Crippen LogP contribution in [0.5, 0.6) is 0 Å². The molecule has 0 radical (unpaired) electrons. The molecule has 13 aliphatic rings. The summed E-state index contributed by atoms with van der Waals surface area (Å²) < 4.78 is 102. The van der Waals surface area contributed by atoms with Crippen LogP contribution in [0.4, 0.5) is 0 Å². The highest BCUT2D eigenvalue weighted by Crippen LogP contribution is 2.76. The maximum Gasteiger partial charge on any atom is 0.337 e. The van der Waals surface area contributed by atoms with E-state index >= 15 is 4.79 Å². The van der Waals surface area contributed by atoms with Gasteiger partial charge in [-0.2, -0.15) is 0 Å². The molecule has 8 saturated heterocycles. The summed E-state index contributed by atoms with van der Waals surface area (Å²) in [6.45, 7) is 14.6. The number of hydrogen-bond acceptors (Lipinski definition) is 39. The molecule has 13 rings (SSSR count). The molecule has 39 heteroatoms. The Hall–Kier alpha value is -2.72. The fourth-order valence-electron chi connectivity index (χ4n) is 21.4. The second-order valence-corrected chi connectivity index (χ2v) is 36.0. The van der Waals surface area contributed by atoms with Crippen molar-refractivity contribution < 1.29 is 192 Å². The van der Waals surface area contributed by atoms with Crippen LogP contribution < -0.4 is 0 Å². The predicted molar refractivity (Wildman–Crippen MR) is 373 cm³/mol. The van der Waals surface area contributed by atoms with Gasteiger partial charge in [-0.1, -0.05) is 60.1 Å². The first-order chi connectivity index (χ1) is 53.5. The molecule has 8 aliphatic heterocycles. The highest BCUT2D eigenvalue weighted by atomic mass is 16.8. The predicted octanol–water partition coefficient (Wildman–Crippen LogP) is -6.98. The number of ether oxygens (including phenoxy) is 17. The van der Waals surface area contributed by atoms with Gasteiger partial charge in [0.05, 0.1) is 64.6 Å². The third kappa shape index (κ3) is 15.6. The summed E-state index contributed by atoms with van der Waals surface area (Å²) in [6.07, 6.45) is -60.3. The molecule has 654 valence electrons. The van der Waals surface area contributed by atoms with E-state index in [1.807, 2.05) is 13.8 Å². The lowest BCUT2D eigenvalue weighted by Crippen LogP contribution is -2.69. The second kappa shape index (κ2) is 33.8. The van der Waals surface area contributed by atoms with Crippen LogP contribution in [-0.2, 0) is 90.1 Å². The van der Waals surface area contributed by atoms with E-state index in [1.54, 1.807) is 0 Å². The number of hydrogen-bond donors (Lipinski definition) is 20. The van der Waals surface area contributed by atoms with Crippen molar-refractivity contribution in [2.45, 2.75) is 354 Å². The van der Waals surface area contributed by atoms with Gasteiger partial charge in [0, 0.05) is 0 Å². The fraction of sp³-hybridized carbons (Fsp3) is 0.947. The molecular weight excluding hydrogens is 1520 g/mol. The first-order valence-corrected chi connectivity index (χ1v) is 39.7. The minimum atomic E-state index is -2.12. The fourth-order valence-corrected chi connectivity index (χ4v) is 21.4. The molecule has 114 heavy (non-hydrogen) atoms. The SMILES string of the molecule is COC(=O)[C@H]1O[C@@H](O[C@H]2CC[C@]3(C)[C@H]4CC=C5[C@@H]6CC(C)(C)CC[C@]6(C(=O)O[C@@H]6OC[C@@H](O)[C@H](O[C@@H]7O[C@@H](C)[C@H](O)[C@@H](O)[C@H]7O)[C@H]6O[C@@H]6O[C@@H](C)[C@H](O[C@@H]7OC[C@@H](O)[C@H](O[C@@H]8OC[C@@H](O)[C@H](O)[C@H]8O)[C@H]7O)[C@@H](O)[C@H]6O)[C@H](O)C[C@@]5(C)[C@]4(C)CC[C@H]3C2(C)C)[C@H](O[C@@H]2O[C@H](CO)[C@H](O)[C@H](O)[C@H]2O)[C@@H](O[C@@H]2OC[C@@H](O)[C@H](O)[C@H]2O)[C@@H]1O. The largest absolute Gasteiger partial charge is 0.467 e. The summed E-state index contributed by atoms with van der Waals surface area (Å²) in [6, 6.07) is 0. The van der Waals surface area contributed by atoms with E-state index in [0.717, 1.165) is 12.7 Å². The van der Waals surface area contributed by atoms with Crippen molar-refractivity contribution in [2.75, 3.05) is 40.1 Å². The minimum Gasteiger partial charge on any atom is -0.467 e. The van der Waals surface area contributed by atoms with Crippen LogP contribution in [0.25, 0.3) is 0 Å². The normalized spacial score (nSPS) is 54.3. The minimum absolute atomic E-state index is 0.0617. The monoisotopic (exact) mass is 1640 g/mol. The summed E-state index contributed by atoms with van der Waals surface area (Å²) in [7, 11) is 1.04. The van der Waals surface area contributed by atoms with Crippen molar-refractivity contribution in [1.29, 1.82) is 0 Å². The molecule has 20 N–H and O–H groups in total. The van der Waals surface area contributed by atoms with Crippen LogP contribution in [0.2, 0.25) is 0 Å². The molecule has 5 aliphatic carbocycles. The number of aliphatic hydroxyl groups excluding tert-OH is 20. The molecule has 12 fully saturated rings. The summed E-state index contributed by atoms with van der Waals surface area (Å²) in [4.78, 5) is 29.8. The average Bonchev–Trinajstić information content (AvgIpc) is 0.669. The molecule has 0 aromatic rings. The zero-order chi connectivity index (χ0) is 83.0. The van der Waals surface area contributed by atoms with Gasteiger partial charge >= 0.3 is 11.9 Å². The van der Waals surface area contributed by atoms with Gasteiger partial charge < -0.3 is 183 Å². The maximum absolute atomic E-state index is 16.1. The van der Waals surface area contributed by atoms with Crippen molar-refractivity contribution in [3.8, 4) is 0 Å². The molecule has 4 saturated carbocycles. The van der Waals surface area contributed by atoms with Crippen LogP contribution in [0.3, 0.4) is 0 Å². The van der Waals surface area contributed by atoms with E-state index in [9.17, 15) is 107 Å². The molecule has 0 amide bonds. The summed E-state index contributed by atoms with van der Waals surface area (Å²) in [5.41, 5.74) is -3.88. The first-order valence-electron chi connectivity index (χ1n) is 39.7. The Kier molecular flexibility index (Phi) is 26.4. The number of carbonyl (C=O) groups is 2. The maximum atomic E-state index is 16.1. The van der Waals surface area contributed by atoms with Gasteiger partial charge in [-0.25, -0.2) is 4.79 Å². The number of aliphatic hydroxyl groups is 20. The summed E-state index contributed by atoms with van der Waals surface area (Å²) >= 11 is 0. The molecule has 0 unspecified atom stereocenters. The smallest absolute Gasteiger partial charge is 0.337 e. The number of allylic oxidation sites excluding steroid dienone is 2. The lowest BCUT2D eigenvalue weighted by atomic mass is 9.33. The summed E-state index contributed by atoms with van der Waals surface area (Å²) in [5.74, 6) is -2.97. The third-order valence-corrected chi connectivity index (χ3v) is 28.4. The molecule has 45 atom stereocenters. The second-order valence-electron chi connectivity index (χ2n) is 36.0. The number of carbonyl (C=O) groups excluding carboxylic acids is 2. The Labute approximate surface area is 657 Å². The van der Waals surface area contributed by atoms with Gasteiger partial charge in [0.15, 0.2) is 56.2 Å². The van der Waals surface area contributed by atoms with E-state index in [-0.39, 0.29) is 24.7 Å². The number of fused-ring (bicyclic) bond motifs is 7. The average molecular weight is 1650 g/mol. The zero-order valence-corrected chi connectivity index (χ0v) is 65.3. The Bertz CT molecular complexity index is 3320. The molecule has 39 nitrogen and oxygen atoms in total. The number of esters is 2. The van der Waals surface area contributed by atoms with E-state index in [1.165, 1.54) is 13.8 Å². The van der Waals surface area contributed by atoms with Gasteiger partial charge in [-0.15, -0.1) is 0 Å². The quantitative estimate of drug-likeness (QED) is 0.0344. The molecule has 0 aromatic carbocycles. The number of rotatable bonds is 18. The van der Waals surface area contributed by atoms with Gasteiger partial charge in [0.2, 0.25) is 6.29 Å². The Balaban J connectivity index is 0.762. The van der Waals surface area contributed by atoms with E-state index in [0.29, 0.717) is 44.9 Å². The van der Waals surface area contributed by atoms with Gasteiger partial charge in [0.1, 0.15) is 152 Å². The van der Waals surface area contributed by atoms with Crippen molar-refractivity contribution in [1.82, 2.24) is 0 Å². The van der Waals surface area contributed by atoms with Crippen LogP contribution in [0.15, 0.2) is 11.6 Å². The van der Waals surface area contributed by atoms with Crippen LogP contribution in [0, 0.1) is 50.2 Å². The van der Waals surface area contributed by atoms with Gasteiger partial charge in [-0.3, -0.25) is 4.79 Å². The number of methoxy groups -OCH3 is 1. The highest BCUT2D eigenvalue weighted by Gasteiger charge is 2.73. The molecule has 0 bridgehead atoms. The van der Waals surface area contributed by atoms with Gasteiger partial charge in [0.25, 0.3) is 0 Å². The standard InChI is InChI=1S/C75H120O39/c1-26-39(82)43(86)48(91)64(103-26)109-55-33(80)25-102-67(58(55)112-65-50(93)45(88)53(27(2)104-65)107-63-52(95)54(32(79)24-101-63)108-61-46(89)40(83)30(77)22-99-61)114-69(97)75-18-17-70(3,4)19-29(75)28-11-12-36-72(7)15-14-38(71(5,6)35(72)13-16-73(36,8)74(28,9)20-37(75)81)106-68-59(113-66-49(92)44(87)42(85)34(21-76)105-66)56(51(94)57(111-68)60(96)98-10)110-62-47(90)41(84)31(78)23-100-62/h11,26-27,29-59,61-68,76-95H,12-25H2,1-10H3/t26-,27-,29-,30+,31+,32+,33+,34+,35-,36+,37+,38-,39-,40-,41-,42-,43+,44-,45-,46+,47+,48+,49+,50+,51-,52+,53-,54-,55-,56-,57-,58+,59+,61-,62-,63-,64-,65-,66-,67-,68+,72-,73+,74+,75+/m0/s1. The third-order valence-electron chi connectivity index (χ3n) is 28.4. The molecule has 0 aromatic heterocycles. The highest BCUT2D eigenvalue weighted by molar-refractivity contribution is 5.80. The van der Waals surface area contributed by atoms with E-state index < -0.39 is 317 Å². The summed E-state index contributed by atoms with van der Waals surface area (Å²) in [5, 5.41) is 223. The first kappa shape index (κ1) is 89.0. The van der Waals surface area contributed by atoms with E-state index in [2.05, 4.69) is 40.7 Å². The Morgan fingerprint density at radius 2 is 0.939 bits per heavy atom. The van der Waals surface area contributed by atoms with Crippen LogP contribution >= 0.6 is 0 Å². The van der Waals surface area contributed by atoms with Crippen molar-refractivity contribution >= 4 is 11.9 Å². The van der Waals surface area contributed by atoms with Crippen molar-refractivity contribution in [3.63, 3.8) is 0 Å².